The van der Waals surface area contributed by atoms with Crippen molar-refractivity contribution in [2.45, 2.75) is 44.7 Å². The molecule has 29 heavy (non-hydrogen) atoms. The van der Waals surface area contributed by atoms with Crippen LogP contribution in [-0.2, 0) is 17.7 Å². The van der Waals surface area contributed by atoms with Gasteiger partial charge >= 0.3 is 0 Å². The van der Waals surface area contributed by atoms with Crippen LogP contribution in [0.15, 0.2) is 65.6 Å². The first-order valence-electron chi connectivity index (χ1n) is 10.2. The second-order valence-corrected chi connectivity index (χ2v) is 8.08. The predicted molar refractivity (Wildman–Crippen MR) is 123 cm³/mol. The summed E-state index contributed by atoms with van der Waals surface area (Å²) in [7, 11) is 0. The molecule has 0 saturated heterocycles. The van der Waals surface area contributed by atoms with Crippen molar-refractivity contribution >= 4 is 11.8 Å². The van der Waals surface area contributed by atoms with E-state index in [0.717, 1.165) is 25.3 Å². The van der Waals surface area contributed by atoms with E-state index in [4.69, 9.17) is 9.47 Å². The monoisotopic (exact) mass is 409 g/mol. The highest BCUT2D eigenvalue weighted by molar-refractivity contribution is 7.98. The summed E-state index contributed by atoms with van der Waals surface area (Å²) in [5, 5.41) is 0. The van der Waals surface area contributed by atoms with Crippen molar-refractivity contribution < 1.29 is 9.47 Å². The number of thioether (sulfide) groups is 1. The molecule has 0 N–H and O–H groups in total. The molecule has 0 radical (unpaired) electrons. The van der Waals surface area contributed by atoms with E-state index in [1.165, 1.54) is 27.4 Å². The van der Waals surface area contributed by atoms with Crippen LogP contribution in [0.5, 0.6) is 5.75 Å². The first-order chi connectivity index (χ1) is 14.1. The van der Waals surface area contributed by atoms with Crippen LogP contribution in [0.25, 0.3) is 11.3 Å². The third-order valence-corrected chi connectivity index (χ3v) is 5.81. The maximum absolute atomic E-state index is 6.01. The summed E-state index contributed by atoms with van der Waals surface area (Å²) in [4.78, 5) is 1.28. The zero-order valence-corrected chi connectivity index (χ0v) is 18.7. The van der Waals surface area contributed by atoms with Crippen molar-refractivity contribution in [2.75, 3.05) is 19.5 Å². The number of aromatic nitrogens is 1. The Kier molecular flexibility index (Phi) is 7.84. The van der Waals surface area contributed by atoms with Gasteiger partial charge in [-0.15, -0.1) is 11.8 Å². The molecule has 1 heterocycles. The highest BCUT2D eigenvalue weighted by Gasteiger charge is 2.08. The van der Waals surface area contributed by atoms with Crippen LogP contribution >= 0.6 is 11.8 Å². The molecule has 1 aromatic heterocycles. The van der Waals surface area contributed by atoms with E-state index < -0.39 is 0 Å². The SMILES string of the molecule is CCO[C@@H](C)Cc1ccc(OCCn2c(C)ccc2-c2ccc(SC)cc2)cc1. The molecule has 3 nitrogen and oxygen atoms in total. The fraction of sp³-hybridized carbons (Fsp3) is 0.360. The lowest BCUT2D eigenvalue weighted by atomic mass is 10.1. The van der Waals surface area contributed by atoms with Crippen molar-refractivity contribution in [3.63, 3.8) is 0 Å². The zero-order chi connectivity index (χ0) is 20.6. The summed E-state index contributed by atoms with van der Waals surface area (Å²) in [5.74, 6) is 0.911. The molecule has 3 aromatic rings. The molecule has 0 saturated carbocycles. The van der Waals surface area contributed by atoms with E-state index in [1.54, 1.807) is 11.8 Å². The Hall–Kier alpha value is -2.17. The molecular formula is C25H31NO2S. The molecule has 2 aromatic carbocycles. The first-order valence-corrected chi connectivity index (χ1v) is 11.5. The molecule has 0 aliphatic carbocycles. The number of nitrogens with zero attached hydrogens (tertiary/aromatic N) is 1. The molecule has 0 spiro atoms. The molecule has 4 heteroatoms. The van der Waals surface area contributed by atoms with Crippen LogP contribution in [-0.4, -0.2) is 30.1 Å². The fourth-order valence-corrected chi connectivity index (χ4v) is 3.94. The zero-order valence-electron chi connectivity index (χ0n) is 17.9. The summed E-state index contributed by atoms with van der Waals surface area (Å²) in [6.45, 7) is 8.50. The largest absolute Gasteiger partial charge is 0.492 e. The standard InChI is InChI=1S/C25H31NO2S/c1-5-27-20(3)18-21-7-11-23(12-8-21)28-17-16-26-19(2)6-15-25(26)22-9-13-24(29-4)14-10-22/h6-15,20H,5,16-18H2,1-4H3/t20-/m0/s1. The Morgan fingerprint density at radius 3 is 2.34 bits per heavy atom. The quantitative estimate of drug-likeness (QED) is 0.371. The van der Waals surface area contributed by atoms with E-state index in [9.17, 15) is 0 Å². The molecule has 0 unspecified atom stereocenters. The van der Waals surface area contributed by atoms with Gasteiger partial charge in [0, 0.05) is 22.9 Å². The minimum atomic E-state index is 0.242. The molecule has 154 valence electrons. The van der Waals surface area contributed by atoms with Crippen LogP contribution in [0.3, 0.4) is 0 Å². The van der Waals surface area contributed by atoms with Crippen molar-refractivity contribution in [3.8, 4) is 17.0 Å². The number of benzene rings is 2. The lowest BCUT2D eigenvalue weighted by Crippen LogP contribution is -2.12. The molecule has 0 amide bonds. The van der Waals surface area contributed by atoms with Crippen LogP contribution in [0.1, 0.15) is 25.1 Å². The number of hydrogen-bond acceptors (Lipinski definition) is 3. The van der Waals surface area contributed by atoms with E-state index in [-0.39, 0.29) is 6.10 Å². The Balaban J connectivity index is 1.58. The summed E-state index contributed by atoms with van der Waals surface area (Å²) in [5.41, 5.74) is 5.00. The van der Waals surface area contributed by atoms with Crippen LogP contribution in [0, 0.1) is 6.92 Å². The van der Waals surface area contributed by atoms with Crippen LogP contribution in [0.4, 0.5) is 0 Å². The summed E-state index contributed by atoms with van der Waals surface area (Å²) in [6.07, 6.45) is 3.27. The maximum Gasteiger partial charge on any atom is 0.119 e. The predicted octanol–water partition coefficient (Wildman–Crippen LogP) is 6.23. The van der Waals surface area contributed by atoms with Gasteiger partial charge in [0.15, 0.2) is 0 Å². The van der Waals surface area contributed by atoms with Gasteiger partial charge in [0.2, 0.25) is 0 Å². The Labute approximate surface area is 179 Å². The first kappa shape index (κ1) is 21.5. The second kappa shape index (κ2) is 10.6. The topological polar surface area (TPSA) is 23.4 Å². The summed E-state index contributed by atoms with van der Waals surface area (Å²) < 4.78 is 14.0. The number of aryl methyl sites for hydroxylation is 1. The lowest BCUT2D eigenvalue weighted by Gasteiger charge is -2.14. The van der Waals surface area contributed by atoms with Crippen molar-refractivity contribution in [3.05, 3.63) is 71.9 Å². The van der Waals surface area contributed by atoms with Crippen molar-refractivity contribution in [1.29, 1.82) is 0 Å². The minimum Gasteiger partial charge on any atom is -0.492 e. The summed E-state index contributed by atoms with van der Waals surface area (Å²) >= 11 is 1.77. The highest BCUT2D eigenvalue weighted by atomic mass is 32.2. The van der Waals surface area contributed by atoms with Crippen molar-refractivity contribution in [1.82, 2.24) is 4.57 Å². The molecule has 3 rings (SSSR count). The van der Waals surface area contributed by atoms with Crippen molar-refractivity contribution in [2.24, 2.45) is 0 Å². The van der Waals surface area contributed by atoms with Gasteiger partial charge in [0.05, 0.1) is 12.6 Å². The lowest BCUT2D eigenvalue weighted by molar-refractivity contribution is 0.0768. The van der Waals surface area contributed by atoms with Gasteiger partial charge in [-0.1, -0.05) is 24.3 Å². The van der Waals surface area contributed by atoms with Gasteiger partial charge in [-0.25, -0.2) is 0 Å². The minimum absolute atomic E-state index is 0.242. The smallest absolute Gasteiger partial charge is 0.119 e. The van der Waals surface area contributed by atoms with E-state index in [0.29, 0.717) is 6.61 Å². The van der Waals surface area contributed by atoms with Crippen LogP contribution < -0.4 is 4.74 Å². The molecule has 1 atom stereocenters. The molecular weight excluding hydrogens is 378 g/mol. The summed E-state index contributed by atoms with van der Waals surface area (Å²) in [6, 6.07) is 21.5. The second-order valence-electron chi connectivity index (χ2n) is 7.20. The van der Waals surface area contributed by atoms with Gasteiger partial charge in [0.25, 0.3) is 0 Å². The van der Waals surface area contributed by atoms with E-state index in [1.807, 2.05) is 6.92 Å². The Bertz CT molecular complexity index is 884. The molecule has 0 bridgehead atoms. The van der Waals surface area contributed by atoms with Gasteiger partial charge in [-0.2, -0.15) is 0 Å². The molecule has 0 aliphatic heterocycles. The molecule has 0 aliphatic rings. The number of hydrogen-bond donors (Lipinski definition) is 0. The highest BCUT2D eigenvalue weighted by Crippen LogP contribution is 2.25. The fourth-order valence-electron chi connectivity index (χ4n) is 3.53. The Morgan fingerprint density at radius 1 is 0.966 bits per heavy atom. The van der Waals surface area contributed by atoms with Gasteiger partial charge in [0.1, 0.15) is 12.4 Å². The number of rotatable bonds is 10. The van der Waals surface area contributed by atoms with Gasteiger partial charge in [-0.05, 0) is 81.0 Å². The van der Waals surface area contributed by atoms with E-state index >= 15 is 0 Å². The maximum atomic E-state index is 6.01. The van der Waals surface area contributed by atoms with Crippen LogP contribution in [0.2, 0.25) is 0 Å². The van der Waals surface area contributed by atoms with Gasteiger partial charge in [-0.3, -0.25) is 0 Å². The van der Waals surface area contributed by atoms with E-state index in [2.05, 4.69) is 85.3 Å². The molecule has 0 fully saturated rings. The number of ether oxygens (including phenoxy) is 2. The normalized spacial score (nSPS) is 12.1. The average molecular weight is 410 g/mol. The average Bonchev–Trinajstić information content (AvgIpc) is 3.10. The van der Waals surface area contributed by atoms with Gasteiger partial charge < -0.3 is 14.0 Å². The third-order valence-electron chi connectivity index (χ3n) is 5.07. The Morgan fingerprint density at radius 2 is 1.69 bits per heavy atom. The third kappa shape index (κ3) is 5.91.